The lowest BCUT2D eigenvalue weighted by Gasteiger charge is -2.05. The SMILES string of the molecule is CCCCNC(=O)c1c(C)[nH]c(-c2nc3ccccc3[nH]2)c1C. The van der Waals surface area contributed by atoms with E-state index in [9.17, 15) is 4.79 Å². The molecule has 0 aliphatic rings. The molecular formula is C18H22N4O. The number of fused-ring (bicyclic) bond motifs is 1. The van der Waals surface area contributed by atoms with Crippen molar-refractivity contribution in [2.24, 2.45) is 0 Å². The molecular weight excluding hydrogens is 288 g/mol. The summed E-state index contributed by atoms with van der Waals surface area (Å²) in [7, 11) is 0. The second-order valence-electron chi connectivity index (χ2n) is 5.84. The largest absolute Gasteiger partial charge is 0.355 e. The lowest BCUT2D eigenvalue weighted by Crippen LogP contribution is -2.25. The van der Waals surface area contributed by atoms with Crippen molar-refractivity contribution in [1.29, 1.82) is 0 Å². The first-order chi connectivity index (χ1) is 11.1. The molecule has 3 N–H and O–H groups in total. The van der Waals surface area contributed by atoms with Gasteiger partial charge in [-0.3, -0.25) is 4.79 Å². The normalized spacial score (nSPS) is 11.1. The van der Waals surface area contributed by atoms with E-state index in [1.807, 2.05) is 38.1 Å². The number of carbonyl (C=O) groups excluding carboxylic acids is 1. The van der Waals surface area contributed by atoms with E-state index in [2.05, 4.69) is 27.2 Å². The number of imidazole rings is 1. The van der Waals surface area contributed by atoms with E-state index in [4.69, 9.17) is 0 Å². The van der Waals surface area contributed by atoms with Gasteiger partial charge < -0.3 is 15.3 Å². The van der Waals surface area contributed by atoms with Crippen LogP contribution >= 0.6 is 0 Å². The van der Waals surface area contributed by atoms with Gasteiger partial charge in [-0.2, -0.15) is 0 Å². The van der Waals surface area contributed by atoms with Crippen molar-refractivity contribution in [1.82, 2.24) is 20.3 Å². The molecule has 1 aromatic carbocycles. The summed E-state index contributed by atoms with van der Waals surface area (Å²) in [6.45, 7) is 6.70. The zero-order chi connectivity index (χ0) is 16.4. The molecule has 2 heterocycles. The van der Waals surface area contributed by atoms with Crippen LogP contribution in [0.4, 0.5) is 0 Å². The highest BCUT2D eigenvalue weighted by atomic mass is 16.1. The van der Waals surface area contributed by atoms with Crippen LogP contribution < -0.4 is 5.32 Å². The molecule has 120 valence electrons. The number of hydrogen-bond donors (Lipinski definition) is 3. The molecule has 2 aromatic heterocycles. The molecule has 1 amide bonds. The third kappa shape index (κ3) is 2.86. The highest BCUT2D eigenvalue weighted by Gasteiger charge is 2.20. The predicted molar refractivity (Wildman–Crippen MR) is 92.6 cm³/mol. The number of aromatic nitrogens is 3. The maximum atomic E-state index is 12.4. The summed E-state index contributed by atoms with van der Waals surface area (Å²) in [5, 5.41) is 2.98. The van der Waals surface area contributed by atoms with Gasteiger partial charge in [0.1, 0.15) is 0 Å². The van der Waals surface area contributed by atoms with Crippen LogP contribution in [-0.4, -0.2) is 27.4 Å². The number of benzene rings is 1. The minimum Gasteiger partial charge on any atom is -0.355 e. The molecule has 0 aliphatic carbocycles. The molecule has 3 aromatic rings. The Morgan fingerprint density at radius 1 is 1.22 bits per heavy atom. The Morgan fingerprint density at radius 3 is 2.74 bits per heavy atom. The van der Waals surface area contributed by atoms with Crippen molar-refractivity contribution in [3.63, 3.8) is 0 Å². The van der Waals surface area contributed by atoms with Crippen molar-refractivity contribution in [2.75, 3.05) is 6.54 Å². The first kappa shape index (κ1) is 15.3. The fourth-order valence-corrected chi connectivity index (χ4v) is 2.87. The molecule has 0 bridgehead atoms. The van der Waals surface area contributed by atoms with E-state index < -0.39 is 0 Å². The van der Waals surface area contributed by atoms with Gasteiger partial charge in [0.05, 0.1) is 22.3 Å². The molecule has 0 radical (unpaired) electrons. The smallest absolute Gasteiger partial charge is 0.253 e. The van der Waals surface area contributed by atoms with Crippen LogP contribution in [-0.2, 0) is 0 Å². The summed E-state index contributed by atoms with van der Waals surface area (Å²) in [5.41, 5.74) is 5.30. The molecule has 5 nitrogen and oxygen atoms in total. The Morgan fingerprint density at radius 2 is 2.00 bits per heavy atom. The van der Waals surface area contributed by atoms with Gasteiger partial charge in [0.2, 0.25) is 0 Å². The van der Waals surface area contributed by atoms with Crippen molar-refractivity contribution in [3.05, 3.63) is 41.1 Å². The van der Waals surface area contributed by atoms with Crippen LogP contribution in [0.15, 0.2) is 24.3 Å². The Kier molecular flexibility index (Phi) is 4.19. The van der Waals surface area contributed by atoms with Crippen molar-refractivity contribution in [3.8, 4) is 11.5 Å². The fourth-order valence-electron chi connectivity index (χ4n) is 2.87. The van der Waals surface area contributed by atoms with Crippen LogP contribution in [0.3, 0.4) is 0 Å². The summed E-state index contributed by atoms with van der Waals surface area (Å²) in [6.07, 6.45) is 2.06. The number of nitrogens with one attached hydrogen (secondary N) is 3. The second-order valence-corrected chi connectivity index (χ2v) is 5.84. The lowest BCUT2D eigenvalue weighted by atomic mass is 10.1. The number of rotatable bonds is 5. The molecule has 5 heteroatoms. The van der Waals surface area contributed by atoms with Crippen molar-refractivity contribution < 1.29 is 4.79 Å². The van der Waals surface area contributed by atoms with E-state index in [0.717, 1.165) is 52.2 Å². The van der Waals surface area contributed by atoms with Crippen LogP contribution in [0.5, 0.6) is 0 Å². The van der Waals surface area contributed by atoms with Crippen LogP contribution in [0, 0.1) is 13.8 Å². The average Bonchev–Trinajstić information content (AvgIpc) is 3.08. The number of aryl methyl sites for hydroxylation is 1. The number of H-pyrrole nitrogens is 2. The number of nitrogens with zero attached hydrogens (tertiary/aromatic N) is 1. The van der Waals surface area contributed by atoms with E-state index in [1.165, 1.54) is 0 Å². The van der Waals surface area contributed by atoms with Gasteiger partial charge in [0.25, 0.3) is 5.91 Å². The van der Waals surface area contributed by atoms with E-state index >= 15 is 0 Å². The number of hydrogen-bond acceptors (Lipinski definition) is 2. The number of aromatic amines is 2. The molecule has 3 rings (SSSR count). The first-order valence-corrected chi connectivity index (χ1v) is 8.04. The summed E-state index contributed by atoms with van der Waals surface area (Å²) < 4.78 is 0. The Balaban J connectivity index is 1.95. The summed E-state index contributed by atoms with van der Waals surface area (Å²) in [4.78, 5) is 23.6. The molecule has 0 aliphatic heterocycles. The van der Waals surface area contributed by atoms with Gasteiger partial charge in [-0.05, 0) is 38.0 Å². The Labute approximate surface area is 135 Å². The maximum Gasteiger partial charge on any atom is 0.253 e. The molecule has 0 unspecified atom stereocenters. The fraction of sp³-hybridized carbons (Fsp3) is 0.333. The number of para-hydroxylation sites is 2. The monoisotopic (exact) mass is 310 g/mol. The Hall–Kier alpha value is -2.56. The third-order valence-corrected chi connectivity index (χ3v) is 4.11. The number of unbranched alkanes of at least 4 members (excludes halogenated alkanes) is 1. The predicted octanol–water partition coefficient (Wildman–Crippen LogP) is 3.70. The van der Waals surface area contributed by atoms with Gasteiger partial charge in [-0.1, -0.05) is 25.5 Å². The van der Waals surface area contributed by atoms with Crippen molar-refractivity contribution >= 4 is 16.9 Å². The maximum absolute atomic E-state index is 12.4. The minimum absolute atomic E-state index is 0.0212. The van der Waals surface area contributed by atoms with E-state index in [0.29, 0.717) is 6.54 Å². The van der Waals surface area contributed by atoms with E-state index in [-0.39, 0.29) is 5.91 Å². The van der Waals surface area contributed by atoms with Crippen LogP contribution in [0.2, 0.25) is 0 Å². The summed E-state index contributed by atoms with van der Waals surface area (Å²) in [5.74, 6) is 0.742. The number of carbonyl (C=O) groups is 1. The number of amides is 1. The van der Waals surface area contributed by atoms with Gasteiger partial charge in [-0.25, -0.2) is 4.98 Å². The molecule has 23 heavy (non-hydrogen) atoms. The van der Waals surface area contributed by atoms with Crippen LogP contribution in [0.25, 0.3) is 22.6 Å². The summed E-state index contributed by atoms with van der Waals surface area (Å²) >= 11 is 0. The minimum atomic E-state index is -0.0212. The highest BCUT2D eigenvalue weighted by Crippen LogP contribution is 2.27. The average molecular weight is 310 g/mol. The van der Waals surface area contributed by atoms with Crippen molar-refractivity contribution in [2.45, 2.75) is 33.6 Å². The Bertz CT molecular complexity index is 811. The van der Waals surface area contributed by atoms with Crippen LogP contribution in [0.1, 0.15) is 41.4 Å². The topological polar surface area (TPSA) is 73.6 Å². The standard InChI is InChI=1S/C18H22N4O/c1-4-5-10-19-18(23)15-11(2)16(20-12(15)3)17-21-13-8-6-7-9-14(13)22-17/h6-9,20H,4-5,10H2,1-3H3,(H,19,23)(H,21,22). The molecule has 0 spiro atoms. The van der Waals surface area contributed by atoms with Gasteiger partial charge in [-0.15, -0.1) is 0 Å². The molecule has 0 atom stereocenters. The molecule has 0 saturated heterocycles. The van der Waals surface area contributed by atoms with Gasteiger partial charge >= 0.3 is 0 Å². The quantitative estimate of drug-likeness (QED) is 0.629. The van der Waals surface area contributed by atoms with Gasteiger partial charge in [0.15, 0.2) is 5.82 Å². The highest BCUT2D eigenvalue weighted by molar-refractivity contribution is 5.98. The molecule has 0 fully saturated rings. The van der Waals surface area contributed by atoms with Gasteiger partial charge in [0, 0.05) is 12.2 Å². The zero-order valence-corrected chi connectivity index (χ0v) is 13.8. The first-order valence-electron chi connectivity index (χ1n) is 8.04. The molecule has 0 saturated carbocycles. The zero-order valence-electron chi connectivity index (χ0n) is 13.8. The second kappa shape index (κ2) is 6.28. The van der Waals surface area contributed by atoms with E-state index in [1.54, 1.807) is 0 Å². The lowest BCUT2D eigenvalue weighted by molar-refractivity contribution is 0.0952. The summed E-state index contributed by atoms with van der Waals surface area (Å²) in [6, 6.07) is 7.91. The third-order valence-electron chi connectivity index (χ3n) is 4.11.